The second-order valence-corrected chi connectivity index (χ2v) is 13.1. The summed E-state index contributed by atoms with van der Waals surface area (Å²) in [4.78, 5) is 28.7. The molecule has 4 aromatic rings. The number of rotatable bonds is 13. The third kappa shape index (κ3) is 10.5. The molecular weight excluding hydrogens is 644 g/mol. The molecule has 2 aliphatic rings. The monoisotopic (exact) mass is 692 g/mol. The first-order valence-electron chi connectivity index (χ1n) is 17.8. The van der Waals surface area contributed by atoms with Crippen LogP contribution in [0.2, 0.25) is 0 Å². The SMILES string of the molecule is CCOC(=O)CNC(=O)NCc1cccc(-c2ccc([C@H]3O[C@@H](CN4CCN(Cc5ccccc5)CC4)C[C@@H](c4ccc(CO)cc4)O3)cc2)c1. The highest BCUT2D eigenvalue weighted by molar-refractivity contribution is 5.80. The van der Waals surface area contributed by atoms with Crippen LogP contribution in [0.5, 0.6) is 0 Å². The molecule has 268 valence electrons. The summed E-state index contributed by atoms with van der Waals surface area (Å²) in [5.74, 6) is -0.474. The number of carbonyl (C=O) groups excluding carboxylic acids is 2. The van der Waals surface area contributed by atoms with E-state index in [1.165, 1.54) is 5.56 Å². The van der Waals surface area contributed by atoms with Crippen molar-refractivity contribution in [1.82, 2.24) is 20.4 Å². The normalized spacial score (nSPS) is 19.7. The predicted molar refractivity (Wildman–Crippen MR) is 195 cm³/mol. The molecule has 0 bridgehead atoms. The number of piperazine rings is 1. The van der Waals surface area contributed by atoms with Crippen molar-refractivity contribution in [3.63, 3.8) is 0 Å². The zero-order valence-corrected chi connectivity index (χ0v) is 29.2. The lowest BCUT2D eigenvalue weighted by molar-refractivity contribution is -0.253. The first-order valence-corrected chi connectivity index (χ1v) is 17.8. The zero-order chi connectivity index (χ0) is 35.4. The molecule has 3 N–H and O–H groups in total. The molecule has 6 rings (SSSR count). The van der Waals surface area contributed by atoms with E-state index in [4.69, 9.17) is 14.2 Å². The molecule has 2 fully saturated rings. The van der Waals surface area contributed by atoms with Crippen LogP contribution < -0.4 is 10.6 Å². The number of amides is 2. The molecule has 51 heavy (non-hydrogen) atoms. The highest BCUT2D eigenvalue weighted by Gasteiger charge is 2.34. The number of aliphatic hydroxyl groups is 1. The molecule has 0 spiro atoms. The Balaban J connectivity index is 1.09. The highest BCUT2D eigenvalue weighted by atomic mass is 16.7. The lowest BCUT2D eigenvalue weighted by Gasteiger charge is -2.40. The van der Waals surface area contributed by atoms with Crippen molar-refractivity contribution < 1.29 is 28.9 Å². The first kappa shape index (κ1) is 36.2. The van der Waals surface area contributed by atoms with Gasteiger partial charge in [-0.2, -0.15) is 0 Å². The summed E-state index contributed by atoms with van der Waals surface area (Å²) in [7, 11) is 0. The van der Waals surface area contributed by atoms with E-state index in [1.807, 2.05) is 48.5 Å². The van der Waals surface area contributed by atoms with E-state index in [0.29, 0.717) is 6.54 Å². The summed E-state index contributed by atoms with van der Waals surface area (Å²) >= 11 is 0. The van der Waals surface area contributed by atoms with E-state index in [0.717, 1.165) is 79.1 Å². The second kappa shape index (κ2) is 18.1. The molecule has 10 nitrogen and oxygen atoms in total. The Hall–Kier alpha value is -4.58. The quantitative estimate of drug-likeness (QED) is 0.156. The van der Waals surface area contributed by atoms with Crippen LogP contribution in [0.4, 0.5) is 4.79 Å². The van der Waals surface area contributed by atoms with Gasteiger partial charge >= 0.3 is 12.0 Å². The fourth-order valence-electron chi connectivity index (χ4n) is 6.60. The molecule has 0 saturated carbocycles. The Bertz CT molecular complexity index is 1690. The van der Waals surface area contributed by atoms with Crippen molar-refractivity contribution in [3.8, 4) is 11.1 Å². The number of hydrogen-bond acceptors (Lipinski definition) is 8. The molecule has 2 heterocycles. The van der Waals surface area contributed by atoms with Gasteiger partial charge < -0.3 is 30.0 Å². The average Bonchev–Trinajstić information content (AvgIpc) is 3.17. The maximum absolute atomic E-state index is 12.2. The summed E-state index contributed by atoms with van der Waals surface area (Å²) in [6.07, 6.45) is 0.0757. The zero-order valence-electron chi connectivity index (χ0n) is 29.2. The number of aliphatic hydroxyl groups excluding tert-OH is 1. The minimum absolute atomic E-state index is 0.00857. The van der Waals surface area contributed by atoms with Gasteiger partial charge in [-0.3, -0.25) is 14.6 Å². The Kier molecular flexibility index (Phi) is 12.8. The van der Waals surface area contributed by atoms with Gasteiger partial charge in [-0.05, 0) is 46.4 Å². The molecule has 2 aliphatic heterocycles. The molecular formula is C41H48N4O6. The van der Waals surface area contributed by atoms with Crippen LogP contribution in [0, 0.1) is 0 Å². The number of benzene rings is 4. The van der Waals surface area contributed by atoms with Crippen LogP contribution in [0.25, 0.3) is 11.1 Å². The first-order chi connectivity index (χ1) is 24.9. The van der Waals surface area contributed by atoms with Crippen LogP contribution in [-0.4, -0.2) is 78.9 Å². The van der Waals surface area contributed by atoms with Crippen LogP contribution in [0.15, 0.2) is 103 Å². The van der Waals surface area contributed by atoms with Crippen molar-refractivity contribution >= 4 is 12.0 Å². The fraction of sp³-hybridized carbons (Fsp3) is 0.366. The predicted octanol–water partition coefficient (Wildman–Crippen LogP) is 5.57. The van der Waals surface area contributed by atoms with Crippen molar-refractivity contribution in [1.29, 1.82) is 0 Å². The van der Waals surface area contributed by atoms with Gasteiger partial charge in [0.1, 0.15) is 6.54 Å². The third-order valence-electron chi connectivity index (χ3n) is 9.39. The number of carbonyl (C=O) groups is 2. The Labute approximate surface area is 300 Å². The van der Waals surface area contributed by atoms with Gasteiger partial charge in [0.05, 0.1) is 25.4 Å². The number of esters is 1. The molecule has 3 atom stereocenters. The number of nitrogens with zero attached hydrogens (tertiary/aromatic N) is 2. The van der Waals surface area contributed by atoms with Crippen molar-refractivity contribution in [2.24, 2.45) is 0 Å². The number of urea groups is 1. The van der Waals surface area contributed by atoms with Crippen LogP contribution >= 0.6 is 0 Å². The fourth-order valence-corrected chi connectivity index (χ4v) is 6.60. The molecule has 0 radical (unpaired) electrons. The van der Waals surface area contributed by atoms with E-state index in [9.17, 15) is 14.7 Å². The van der Waals surface area contributed by atoms with E-state index >= 15 is 0 Å². The molecule has 0 aliphatic carbocycles. The van der Waals surface area contributed by atoms with Gasteiger partial charge in [0, 0.05) is 57.8 Å². The largest absolute Gasteiger partial charge is 0.465 e. The molecule has 2 saturated heterocycles. The van der Waals surface area contributed by atoms with Crippen molar-refractivity contribution in [2.75, 3.05) is 45.9 Å². The Morgan fingerprint density at radius 1 is 0.765 bits per heavy atom. The number of hydrogen-bond donors (Lipinski definition) is 3. The maximum Gasteiger partial charge on any atom is 0.325 e. The van der Waals surface area contributed by atoms with E-state index in [1.54, 1.807) is 6.92 Å². The molecule has 10 heteroatoms. The van der Waals surface area contributed by atoms with E-state index in [-0.39, 0.29) is 32.0 Å². The van der Waals surface area contributed by atoms with Crippen molar-refractivity contribution in [2.45, 2.75) is 51.5 Å². The minimum atomic E-state index is -0.525. The molecule has 0 aromatic heterocycles. The van der Waals surface area contributed by atoms with Crippen LogP contribution in [-0.2, 0) is 38.7 Å². The Morgan fingerprint density at radius 2 is 1.47 bits per heavy atom. The third-order valence-corrected chi connectivity index (χ3v) is 9.39. The average molecular weight is 693 g/mol. The van der Waals surface area contributed by atoms with Gasteiger partial charge in [-0.25, -0.2) is 4.79 Å². The van der Waals surface area contributed by atoms with Crippen LogP contribution in [0.1, 0.15) is 53.6 Å². The van der Waals surface area contributed by atoms with Gasteiger partial charge in [0.25, 0.3) is 0 Å². The van der Waals surface area contributed by atoms with E-state index < -0.39 is 18.3 Å². The summed E-state index contributed by atoms with van der Waals surface area (Å²) < 4.78 is 18.1. The lowest BCUT2D eigenvalue weighted by Crippen LogP contribution is -2.49. The van der Waals surface area contributed by atoms with E-state index in [2.05, 4.69) is 75.0 Å². The van der Waals surface area contributed by atoms with Gasteiger partial charge in [0.15, 0.2) is 6.29 Å². The minimum Gasteiger partial charge on any atom is -0.465 e. The summed E-state index contributed by atoms with van der Waals surface area (Å²) in [5.41, 5.74) is 7.23. The summed E-state index contributed by atoms with van der Waals surface area (Å²) in [6, 6.07) is 34.5. The molecule has 0 unspecified atom stereocenters. The number of ether oxygens (including phenoxy) is 3. The summed E-state index contributed by atoms with van der Waals surface area (Å²) in [5, 5.41) is 14.9. The standard InChI is InChI=1S/C41H48N4O6/c1-2-49-39(47)26-43-41(48)42-25-32-9-6-10-36(23-32)33-15-17-35(18-16-33)40-50-37(24-38(51-40)34-13-11-31(29-46)12-14-34)28-45-21-19-44(20-22-45)27-30-7-4-3-5-8-30/h3-18,23,37-38,40,46H,2,19-22,24-29H2,1H3,(H2,42,43,48)/t37-,38+,40+/m1/s1. The second-order valence-electron chi connectivity index (χ2n) is 13.1. The van der Waals surface area contributed by atoms with Crippen molar-refractivity contribution in [3.05, 3.63) is 131 Å². The number of nitrogens with one attached hydrogen (secondary N) is 2. The molecule has 4 aromatic carbocycles. The van der Waals surface area contributed by atoms with Gasteiger partial charge in [0.2, 0.25) is 0 Å². The topological polar surface area (TPSA) is 113 Å². The van der Waals surface area contributed by atoms with Gasteiger partial charge in [-0.15, -0.1) is 0 Å². The smallest absolute Gasteiger partial charge is 0.325 e. The van der Waals surface area contributed by atoms with Gasteiger partial charge in [-0.1, -0.05) is 97.1 Å². The van der Waals surface area contributed by atoms with Crippen LogP contribution in [0.3, 0.4) is 0 Å². The lowest BCUT2D eigenvalue weighted by atomic mass is 9.98. The maximum atomic E-state index is 12.2. The summed E-state index contributed by atoms with van der Waals surface area (Å²) in [6.45, 7) is 7.99. The molecule has 2 amide bonds. The highest BCUT2D eigenvalue weighted by Crippen LogP contribution is 2.38. The Morgan fingerprint density at radius 3 is 2.20 bits per heavy atom.